The van der Waals surface area contributed by atoms with Crippen molar-refractivity contribution < 1.29 is 0 Å². The molecule has 0 saturated heterocycles. The minimum absolute atomic E-state index is 0.283. The molecular weight excluding hydrogens is 196 g/mol. The minimum Gasteiger partial charge on any atom is -0.305 e. The van der Waals surface area contributed by atoms with Gasteiger partial charge in [-0.3, -0.25) is 0 Å². The van der Waals surface area contributed by atoms with Crippen molar-refractivity contribution >= 4 is 0 Å². The topological polar surface area (TPSA) is 6.48 Å². The second-order valence-electron chi connectivity index (χ2n) is 7.21. The highest BCUT2D eigenvalue weighted by atomic mass is 15.2. The molecule has 0 aromatic rings. The maximum Gasteiger partial charge on any atom is 0.0122 e. The van der Waals surface area contributed by atoms with Crippen LogP contribution in [0.5, 0.6) is 0 Å². The monoisotopic (exact) mass is 228 g/mol. The standard InChI is InChI=1S/C14H32N2/c1-13(2,3)9-10-15(7)11-12-16(8)14(4,5)6/h9-12H2,1-8H3. The van der Waals surface area contributed by atoms with Crippen LogP contribution in [0.15, 0.2) is 0 Å². The molecule has 0 rings (SSSR count). The summed E-state index contributed by atoms with van der Waals surface area (Å²) >= 11 is 0. The summed E-state index contributed by atoms with van der Waals surface area (Å²) in [7, 11) is 4.43. The number of likely N-dealkylation sites (N-methyl/N-ethyl adjacent to an activating group) is 2. The molecule has 98 valence electrons. The third kappa shape index (κ3) is 8.12. The molecule has 0 aliphatic heterocycles. The predicted octanol–water partition coefficient (Wildman–Crippen LogP) is 3.08. The van der Waals surface area contributed by atoms with Gasteiger partial charge in [-0.2, -0.15) is 0 Å². The van der Waals surface area contributed by atoms with Crippen LogP contribution in [0.2, 0.25) is 0 Å². The van der Waals surface area contributed by atoms with E-state index in [9.17, 15) is 0 Å². The Morgan fingerprint density at radius 3 is 1.62 bits per heavy atom. The van der Waals surface area contributed by atoms with Crippen LogP contribution in [0.4, 0.5) is 0 Å². The summed E-state index contributed by atoms with van der Waals surface area (Å²) in [6.07, 6.45) is 1.27. The maximum atomic E-state index is 2.44. The molecule has 0 bridgehead atoms. The second kappa shape index (κ2) is 6.02. The first kappa shape index (κ1) is 15.9. The van der Waals surface area contributed by atoms with E-state index in [0.29, 0.717) is 5.41 Å². The van der Waals surface area contributed by atoms with Crippen LogP contribution in [0.25, 0.3) is 0 Å². The Morgan fingerprint density at radius 1 is 0.750 bits per heavy atom. The molecule has 0 heterocycles. The van der Waals surface area contributed by atoms with Crippen molar-refractivity contribution in [2.24, 2.45) is 5.41 Å². The largest absolute Gasteiger partial charge is 0.305 e. The van der Waals surface area contributed by atoms with Crippen LogP contribution in [-0.2, 0) is 0 Å². The van der Waals surface area contributed by atoms with Gasteiger partial charge in [-0.1, -0.05) is 20.8 Å². The number of nitrogens with zero attached hydrogens (tertiary/aromatic N) is 2. The summed E-state index contributed by atoms with van der Waals surface area (Å²) in [5.41, 5.74) is 0.731. The Balaban J connectivity index is 3.78. The van der Waals surface area contributed by atoms with Gasteiger partial charge >= 0.3 is 0 Å². The van der Waals surface area contributed by atoms with E-state index >= 15 is 0 Å². The van der Waals surface area contributed by atoms with Crippen LogP contribution < -0.4 is 0 Å². The number of hydrogen-bond donors (Lipinski definition) is 0. The van der Waals surface area contributed by atoms with Gasteiger partial charge in [0.1, 0.15) is 0 Å². The summed E-state index contributed by atoms with van der Waals surface area (Å²) in [4.78, 5) is 4.86. The fourth-order valence-electron chi connectivity index (χ4n) is 1.29. The van der Waals surface area contributed by atoms with Gasteiger partial charge in [-0.25, -0.2) is 0 Å². The molecule has 0 aliphatic rings. The van der Waals surface area contributed by atoms with E-state index in [4.69, 9.17) is 0 Å². The van der Waals surface area contributed by atoms with Crippen molar-refractivity contribution in [2.45, 2.75) is 53.5 Å². The van der Waals surface area contributed by atoms with Gasteiger partial charge in [0.2, 0.25) is 0 Å². The van der Waals surface area contributed by atoms with Crippen LogP contribution in [0.1, 0.15) is 48.0 Å². The summed E-state index contributed by atoms with van der Waals surface area (Å²) < 4.78 is 0. The van der Waals surface area contributed by atoms with Crippen molar-refractivity contribution in [2.75, 3.05) is 33.7 Å². The quantitative estimate of drug-likeness (QED) is 0.713. The molecule has 0 fully saturated rings. The highest BCUT2D eigenvalue weighted by Gasteiger charge is 2.17. The Bertz CT molecular complexity index is 186. The SMILES string of the molecule is CN(CCN(C)C(C)(C)C)CCC(C)(C)C. The van der Waals surface area contributed by atoms with Crippen molar-refractivity contribution in [1.82, 2.24) is 9.80 Å². The average molecular weight is 228 g/mol. The zero-order chi connectivity index (χ0) is 13.0. The van der Waals surface area contributed by atoms with E-state index in [1.54, 1.807) is 0 Å². The molecule has 0 aromatic carbocycles. The van der Waals surface area contributed by atoms with Gasteiger partial charge in [0.05, 0.1) is 0 Å². The van der Waals surface area contributed by atoms with Gasteiger partial charge in [0.15, 0.2) is 0 Å². The lowest BCUT2D eigenvalue weighted by molar-refractivity contribution is 0.149. The number of rotatable bonds is 5. The van der Waals surface area contributed by atoms with E-state index in [1.807, 2.05) is 0 Å². The fourth-order valence-corrected chi connectivity index (χ4v) is 1.29. The molecule has 16 heavy (non-hydrogen) atoms. The molecule has 0 saturated carbocycles. The van der Waals surface area contributed by atoms with Crippen molar-refractivity contribution in [1.29, 1.82) is 0 Å². The molecule has 0 aromatic heterocycles. The van der Waals surface area contributed by atoms with E-state index in [2.05, 4.69) is 65.4 Å². The summed E-state index contributed by atoms with van der Waals surface area (Å²) in [6.45, 7) is 17.2. The van der Waals surface area contributed by atoms with Crippen LogP contribution >= 0.6 is 0 Å². The first-order valence-corrected chi connectivity index (χ1v) is 6.42. The van der Waals surface area contributed by atoms with Crippen molar-refractivity contribution in [3.63, 3.8) is 0 Å². The lowest BCUT2D eigenvalue weighted by Crippen LogP contribution is -2.42. The molecule has 0 N–H and O–H groups in total. The van der Waals surface area contributed by atoms with Crippen LogP contribution in [0, 0.1) is 5.41 Å². The molecule has 2 nitrogen and oxygen atoms in total. The van der Waals surface area contributed by atoms with Gasteiger partial charge in [-0.05, 0) is 53.2 Å². The third-order valence-electron chi connectivity index (χ3n) is 3.21. The Hall–Kier alpha value is -0.0800. The normalized spacial score (nSPS) is 13.9. The van der Waals surface area contributed by atoms with Crippen molar-refractivity contribution in [3.8, 4) is 0 Å². The first-order chi connectivity index (χ1) is 7.02. The van der Waals surface area contributed by atoms with Gasteiger partial charge in [0.25, 0.3) is 0 Å². The molecule has 0 atom stereocenters. The molecule has 2 heteroatoms. The lowest BCUT2D eigenvalue weighted by atomic mass is 9.92. The molecule has 0 aliphatic carbocycles. The second-order valence-corrected chi connectivity index (χ2v) is 7.21. The Morgan fingerprint density at radius 2 is 1.25 bits per heavy atom. The van der Waals surface area contributed by atoms with Gasteiger partial charge in [0, 0.05) is 18.6 Å². The van der Waals surface area contributed by atoms with E-state index in [0.717, 1.165) is 13.1 Å². The molecule has 0 unspecified atom stereocenters. The van der Waals surface area contributed by atoms with Crippen LogP contribution in [0.3, 0.4) is 0 Å². The molecule has 0 amide bonds. The summed E-state index contributed by atoms with van der Waals surface area (Å²) in [5, 5.41) is 0. The summed E-state index contributed by atoms with van der Waals surface area (Å²) in [5.74, 6) is 0. The van der Waals surface area contributed by atoms with E-state index in [-0.39, 0.29) is 5.54 Å². The lowest BCUT2D eigenvalue weighted by Gasteiger charge is -2.33. The zero-order valence-corrected chi connectivity index (χ0v) is 12.7. The van der Waals surface area contributed by atoms with E-state index < -0.39 is 0 Å². The minimum atomic E-state index is 0.283. The molecular formula is C14H32N2. The highest BCUT2D eigenvalue weighted by Crippen LogP contribution is 2.18. The molecule has 0 radical (unpaired) electrons. The fraction of sp³-hybridized carbons (Fsp3) is 1.00. The third-order valence-corrected chi connectivity index (χ3v) is 3.21. The Kier molecular flexibility index (Phi) is 5.99. The molecule has 0 spiro atoms. The van der Waals surface area contributed by atoms with E-state index in [1.165, 1.54) is 13.0 Å². The smallest absolute Gasteiger partial charge is 0.0122 e. The van der Waals surface area contributed by atoms with Crippen LogP contribution in [-0.4, -0.2) is 49.1 Å². The van der Waals surface area contributed by atoms with Gasteiger partial charge in [-0.15, -0.1) is 0 Å². The first-order valence-electron chi connectivity index (χ1n) is 6.42. The Labute approximate surface area is 103 Å². The number of hydrogen-bond acceptors (Lipinski definition) is 2. The highest BCUT2D eigenvalue weighted by molar-refractivity contribution is 4.73. The van der Waals surface area contributed by atoms with Gasteiger partial charge < -0.3 is 9.80 Å². The average Bonchev–Trinajstić information content (AvgIpc) is 2.08. The predicted molar refractivity (Wildman–Crippen MR) is 74.0 cm³/mol. The zero-order valence-electron chi connectivity index (χ0n) is 12.7. The van der Waals surface area contributed by atoms with Crippen molar-refractivity contribution in [3.05, 3.63) is 0 Å². The summed E-state index contributed by atoms with van der Waals surface area (Å²) in [6, 6.07) is 0. The maximum absolute atomic E-state index is 2.44.